The summed E-state index contributed by atoms with van der Waals surface area (Å²) >= 11 is 0. The number of carbonyl (C=O) groups is 1. The number of methoxy groups -OCH3 is 2. The van der Waals surface area contributed by atoms with Gasteiger partial charge in [0, 0.05) is 59.3 Å². The van der Waals surface area contributed by atoms with Crippen molar-refractivity contribution in [2.24, 2.45) is 41.4 Å². The third kappa shape index (κ3) is 11.0. The second kappa shape index (κ2) is 22.3. The fourth-order valence-electron chi connectivity index (χ4n) is 12.9. The second-order valence-corrected chi connectivity index (χ2v) is 21.9. The molecule has 4 saturated heterocycles. The Bertz CT molecular complexity index is 1910. The van der Waals surface area contributed by atoms with Gasteiger partial charge in [-0.1, -0.05) is 71.4 Å². The van der Waals surface area contributed by atoms with Crippen molar-refractivity contribution < 1.29 is 67.3 Å². The molecule has 0 saturated carbocycles. The highest BCUT2D eigenvalue weighted by Crippen LogP contribution is 2.48. The molecule has 5 unspecified atom stereocenters. The maximum absolute atomic E-state index is 12.7. The Kier molecular flexibility index (Phi) is 17.5. The zero-order valence-electron chi connectivity index (χ0n) is 43.7. The van der Waals surface area contributed by atoms with Crippen molar-refractivity contribution in [3.05, 3.63) is 47.6 Å². The minimum absolute atomic E-state index is 0.0452. The number of fused-ring (bicyclic) bond motifs is 2. The Hall–Kier alpha value is -2.54. The quantitative estimate of drug-likeness (QED) is 0.0925. The van der Waals surface area contributed by atoms with Crippen LogP contribution in [0.1, 0.15) is 121 Å². The number of allylic oxidation sites excluding steroid dienone is 3. The van der Waals surface area contributed by atoms with E-state index in [9.17, 15) is 19.8 Å². The molecule has 0 aromatic carbocycles. The van der Waals surface area contributed by atoms with Gasteiger partial charge in [0.25, 0.3) is 0 Å². The molecule has 0 radical (unpaired) electrons. The molecule has 1 spiro atoms. The lowest BCUT2D eigenvalue weighted by Gasteiger charge is -2.50. The van der Waals surface area contributed by atoms with Gasteiger partial charge in [0.2, 0.25) is 6.10 Å². The predicted molar refractivity (Wildman–Crippen MR) is 259 cm³/mol. The number of ether oxygens (including phenoxy) is 9. The molecule has 21 atom stereocenters. The first-order valence-corrected chi connectivity index (χ1v) is 25.9. The highest BCUT2D eigenvalue weighted by atomic mass is 16.7. The van der Waals surface area contributed by atoms with E-state index in [0.717, 1.165) is 19.3 Å². The Balaban J connectivity index is 1.12. The van der Waals surface area contributed by atoms with Crippen molar-refractivity contribution in [2.45, 2.75) is 205 Å². The van der Waals surface area contributed by atoms with Crippen LogP contribution in [0.15, 0.2) is 47.6 Å². The van der Waals surface area contributed by atoms with Crippen molar-refractivity contribution in [1.29, 1.82) is 0 Å². The number of aliphatic hydroxyl groups is 2. The molecule has 3 N–H and O–H groups in total. The summed E-state index contributed by atoms with van der Waals surface area (Å²) in [5.74, 6) is -1.84. The van der Waals surface area contributed by atoms with Crippen LogP contribution in [0.3, 0.4) is 0 Å². The number of nitrogens with zero attached hydrogens (tertiary/aromatic N) is 1. The van der Waals surface area contributed by atoms with Gasteiger partial charge >= 0.3 is 11.9 Å². The van der Waals surface area contributed by atoms with E-state index in [1.165, 1.54) is 12.0 Å². The summed E-state index contributed by atoms with van der Waals surface area (Å²) in [6.45, 7) is 20.9. The molecule has 6 aliphatic heterocycles. The number of aliphatic hydroxyl groups excluding tert-OH is 1. The highest BCUT2D eigenvalue weighted by molar-refractivity contribution is 5.79. The van der Waals surface area contributed by atoms with Gasteiger partial charge in [0.05, 0.1) is 62.4 Å². The first-order chi connectivity index (χ1) is 32.7. The zero-order valence-corrected chi connectivity index (χ0v) is 43.7. The van der Waals surface area contributed by atoms with Gasteiger partial charge in [-0.25, -0.2) is 0 Å². The number of rotatable bonds is 11. The predicted octanol–water partition coefficient (Wildman–Crippen LogP) is 7.15. The zero-order chi connectivity index (χ0) is 50.2. The monoisotopic (exact) mass is 973 g/mol. The summed E-state index contributed by atoms with van der Waals surface area (Å²) in [7, 11) is 5.16. The molecule has 0 aromatic rings. The Morgan fingerprint density at radius 3 is 2.46 bits per heavy atom. The average molecular weight is 973 g/mol. The molecule has 6 heterocycles. The van der Waals surface area contributed by atoms with E-state index in [1.807, 2.05) is 26.0 Å². The minimum atomic E-state index is -1.75. The van der Waals surface area contributed by atoms with Gasteiger partial charge < -0.3 is 62.5 Å². The number of hydroxylamine groups is 2. The van der Waals surface area contributed by atoms with Crippen molar-refractivity contribution in [3.8, 4) is 0 Å². The maximum Gasteiger partial charge on any atom is 0.493 e. The first kappa shape index (κ1) is 54.2. The Labute approximate surface area is 411 Å². The third-order valence-electron chi connectivity index (χ3n) is 17.5. The summed E-state index contributed by atoms with van der Waals surface area (Å²) in [5, 5.41) is 25.5. The van der Waals surface area contributed by atoms with Crippen molar-refractivity contribution in [1.82, 2.24) is 5.06 Å². The molecule has 390 valence electrons. The van der Waals surface area contributed by atoms with Gasteiger partial charge in [-0.15, -0.1) is 5.06 Å². The minimum Gasteiger partial charge on any atom is -0.386 e. The van der Waals surface area contributed by atoms with Crippen LogP contribution in [-0.2, 0) is 52.3 Å². The first-order valence-electron chi connectivity index (χ1n) is 25.9. The van der Waals surface area contributed by atoms with E-state index >= 15 is 0 Å². The smallest absolute Gasteiger partial charge is 0.386 e. The second-order valence-electron chi connectivity index (χ2n) is 21.9. The van der Waals surface area contributed by atoms with E-state index in [2.05, 4.69) is 59.8 Å². The standard InChI is InChI=1S/C54H85NO14/c1-14-30(2)49-33(5)20-22-53(68-49)28-40-25-39(67-53)19-18-32(4)47(31(3)16-15-17-38-29-63-50-48(57)34(6)24-42(51(58)66-40)54(38,50)59)44-26-43(60-12)41(35(7)64-44)21-23-62-46-27-45(61-13)52(10,36(8)65-46)55(11)69-37(9)56/h15-17,20,22,24,30-33,35-36,39-50,57,59H,14,18-19,21,23,25-29H2,1-13H3/p+1/b16-15+,38-17+/t30?,31-,32?,33-,35?,36-,39+,40-,41?,42-,43-,44?,45-,46+,47-,48+,49+,50+,52+,53+,54+/m0/s1. The lowest BCUT2D eigenvalue weighted by molar-refractivity contribution is -0.308. The molecule has 2 bridgehead atoms. The van der Waals surface area contributed by atoms with Crippen LogP contribution in [-0.4, -0.2) is 151 Å². The number of likely N-dealkylation sites (N-methyl/N-ethyl adjacent to an activating group) is 1. The van der Waals surface area contributed by atoms with Gasteiger partial charge in [-0.3, -0.25) is 4.79 Å². The normalized spacial score (nSPS) is 46.8. The van der Waals surface area contributed by atoms with E-state index in [-0.39, 0.29) is 84.9 Å². The molecule has 4 fully saturated rings. The number of hydrogen-bond donors (Lipinski definition) is 2. The molecular formula is C54H86NO14+. The van der Waals surface area contributed by atoms with Crippen LogP contribution in [0, 0.1) is 41.4 Å². The molecule has 15 heteroatoms. The van der Waals surface area contributed by atoms with Crippen LogP contribution >= 0.6 is 0 Å². The van der Waals surface area contributed by atoms with Gasteiger partial charge in [0.15, 0.2) is 18.0 Å². The van der Waals surface area contributed by atoms with Crippen molar-refractivity contribution in [3.63, 3.8) is 0 Å². The van der Waals surface area contributed by atoms with Crippen molar-refractivity contribution >= 4 is 11.9 Å². The van der Waals surface area contributed by atoms with E-state index < -0.39 is 53.4 Å². The molecular weight excluding hydrogens is 887 g/mol. The fraction of sp³-hybridized carbons (Fsp3) is 0.815. The molecule has 7 rings (SSSR count). The van der Waals surface area contributed by atoms with Crippen LogP contribution in [0.25, 0.3) is 0 Å². The Morgan fingerprint density at radius 1 is 1.01 bits per heavy atom. The molecule has 69 heavy (non-hydrogen) atoms. The van der Waals surface area contributed by atoms with Gasteiger partial charge in [-0.2, -0.15) is 0 Å². The van der Waals surface area contributed by atoms with E-state index in [1.54, 1.807) is 34.3 Å². The number of esters is 1. The summed E-state index contributed by atoms with van der Waals surface area (Å²) in [6.07, 6.45) is 12.9. The molecule has 0 amide bonds. The number of hydrogen-bond acceptors (Lipinski definition) is 14. The lowest BCUT2D eigenvalue weighted by atomic mass is 9.70. The summed E-state index contributed by atoms with van der Waals surface area (Å²) in [5.41, 5.74) is -1.31. The van der Waals surface area contributed by atoms with Crippen LogP contribution in [0.4, 0.5) is 0 Å². The molecule has 1 aliphatic carbocycles. The maximum atomic E-state index is 12.7. The summed E-state index contributed by atoms with van der Waals surface area (Å²) in [6, 6.07) is 0. The Morgan fingerprint density at radius 2 is 1.77 bits per heavy atom. The number of carbonyl (C=O) groups excluding carboxylic acids is 2. The largest absolute Gasteiger partial charge is 0.493 e. The molecule has 0 aromatic heterocycles. The van der Waals surface area contributed by atoms with Gasteiger partial charge in [0.1, 0.15) is 23.3 Å². The van der Waals surface area contributed by atoms with Crippen LogP contribution < -0.4 is 0 Å². The molecule has 15 nitrogen and oxygen atoms in total. The third-order valence-corrected chi connectivity index (χ3v) is 17.5. The molecule has 7 aliphatic rings. The topological polar surface area (TPSA) is 174 Å². The summed E-state index contributed by atoms with van der Waals surface area (Å²) in [4.78, 5) is 29.2. The van der Waals surface area contributed by atoms with E-state index in [4.69, 9.17) is 47.5 Å². The fourth-order valence-corrected chi connectivity index (χ4v) is 12.9. The van der Waals surface area contributed by atoms with Crippen LogP contribution in [0.2, 0.25) is 0 Å². The SMILES string of the molecule is CCC(C)[C@H]1O[C@]2(C=C[C@@H]1C)C[C@@H]1C[C@@H](CCC(C)[C@@H](C3C[C@H](OC)C(CCO[C@H]4C[C@H](OC)[C@](C)(N(C)OC(C)=O)[C@H](C)O4)C(C)O3)[C@@H](C)/C=C/C=C3\CO[C@@H]4[C@H](O)C(C)=C[C@@H](C(=[OH+])O1)[C@]34O)O2. The van der Waals surface area contributed by atoms with Crippen molar-refractivity contribution in [2.75, 3.05) is 34.5 Å². The van der Waals surface area contributed by atoms with Crippen LogP contribution in [0.5, 0.6) is 0 Å². The lowest BCUT2D eigenvalue weighted by Crippen LogP contribution is -2.65. The highest BCUT2D eigenvalue weighted by Gasteiger charge is 2.63. The van der Waals surface area contributed by atoms with E-state index in [0.29, 0.717) is 55.8 Å². The van der Waals surface area contributed by atoms with Gasteiger partial charge in [-0.05, 0) is 87.9 Å². The summed E-state index contributed by atoms with van der Waals surface area (Å²) < 4.78 is 58.9. The average Bonchev–Trinajstić information content (AvgIpc) is 3.64.